The number of halogens is 4. The Morgan fingerprint density at radius 1 is 0.280 bits per heavy atom. The summed E-state index contributed by atoms with van der Waals surface area (Å²) >= 11 is 0. The average molecular weight is 717 g/mol. The predicted octanol–water partition coefficient (Wildman–Crippen LogP) is 9.79. The van der Waals surface area contributed by atoms with E-state index >= 15 is 17.6 Å². The fourth-order valence-corrected chi connectivity index (χ4v) is 19.0. The third-order valence-electron chi connectivity index (χ3n) is 10.4. The Balaban J connectivity index is 2.03. The normalized spacial score (nSPS) is 12.2. The van der Waals surface area contributed by atoms with Gasteiger partial charge in [-0.2, -0.15) is 17.6 Å². The van der Waals surface area contributed by atoms with E-state index in [2.05, 4.69) is 0 Å². The summed E-state index contributed by atoms with van der Waals surface area (Å²) in [5.41, 5.74) is 10.8. The molecule has 0 saturated heterocycles. The van der Waals surface area contributed by atoms with E-state index in [0.29, 0.717) is 0 Å². The smallest absolute Gasteiger partial charge is 0.199 e. The number of aryl methyl sites for hydroxylation is 12. The van der Waals surface area contributed by atoms with Gasteiger partial charge in [-0.25, -0.2) is 0 Å². The maximum Gasteiger partial charge on any atom is 0.208 e. The van der Waals surface area contributed by atoms with Crippen LogP contribution in [0.25, 0.3) is 0 Å². The first-order chi connectivity index (χ1) is 23.2. The summed E-state index contributed by atoms with van der Waals surface area (Å²) in [6, 6.07) is 15.9. The molecule has 5 aromatic carbocycles. The molecule has 50 heavy (non-hydrogen) atoms. The molecule has 0 nitrogen and oxygen atoms in total. The molecule has 0 aliphatic carbocycles. The van der Waals surface area contributed by atoms with Crippen molar-refractivity contribution >= 4 is 46.4 Å². The molecule has 0 aromatic heterocycles. The highest BCUT2D eigenvalue weighted by atomic mass is 31.2. The van der Waals surface area contributed by atoms with E-state index in [1.54, 1.807) is 0 Å². The van der Waals surface area contributed by atoms with E-state index in [-0.39, 0.29) is 0 Å². The van der Waals surface area contributed by atoms with Crippen molar-refractivity contribution in [3.63, 3.8) is 0 Å². The van der Waals surface area contributed by atoms with Crippen molar-refractivity contribution in [2.45, 2.75) is 83.1 Å². The van der Waals surface area contributed by atoms with Crippen molar-refractivity contribution in [2.75, 3.05) is 13.3 Å². The van der Waals surface area contributed by atoms with Crippen LogP contribution < -0.4 is 31.8 Å². The standard InChI is InChI=1S/C44H50F4P2/c1-23-15-27(5)39(28(6)16-23)49(13,40-29(7)17-24(2)18-30(40)8)43-35(45)37(47)44(38(48)36(43)46)50(14,41-31(9)19-25(3)20-32(41)10)42-33(11)21-26(4)22-34(42)12/h15-22H,1-14H3/q+2. The highest BCUT2D eigenvalue weighted by Gasteiger charge is 2.56. The molecule has 0 bridgehead atoms. The first-order valence-corrected chi connectivity index (χ1v) is 21.6. The van der Waals surface area contributed by atoms with Crippen molar-refractivity contribution in [3.8, 4) is 0 Å². The number of benzene rings is 5. The van der Waals surface area contributed by atoms with E-state index in [1.807, 2.05) is 145 Å². The van der Waals surface area contributed by atoms with Gasteiger partial charge in [-0.3, -0.25) is 0 Å². The molecular weight excluding hydrogens is 666 g/mol. The van der Waals surface area contributed by atoms with Gasteiger partial charge < -0.3 is 0 Å². The number of rotatable bonds is 6. The fourth-order valence-electron chi connectivity index (χ4n) is 9.58. The van der Waals surface area contributed by atoms with E-state index in [4.69, 9.17) is 0 Å². The van der Waals surface area contributed by atoms with Crippen molar-refractivity contribution in [3.05, 3.63) is 139 Å². The number of hydrogen-bond donors (Lipinski definition) is 0. The summed E-state index contributed by atoms with van der Waals surface area (Å²) < 4.78 is 70.4. The molecule has 0 heterocycles. The summed E-state index contributed by atoms with van der Waals surface area (Å²) in [5.74, 6) is -5.21. The van der Waals surface area contributed by atoms with Crippen LogP contribution in [0.1, 0.15) is 66.8 Å². The van der Waals surface area contributed by atoms with Crippen LogP contribution in [0.4, 0.5) is 17.6 Å². The Kier molecular flexibility index (Phi) is 10.1. The predicted molar refractivity (Wildman–Crippen MR) is 212 cm³/mol. The highest BCUT2D eigenvalue weighted by molar-refractivity contribution is 7.96. The number of hydrogen-bond acceptors (Lipinski definition) is 0. The van der Waals surface area contributed by atoms with Crippen LogP contribution in [0.15, 0.2) is 48.5 Å². The minimum absolute atomic E-state index is 0.498. The summed E-state index contributed by atoms with van der Waals surface area (Å²) in [4.78, 5) is 0. The summed E-state index contributed by atoms with van der Waals surface area (Å²) in [5, 5.41) is 1.99. The van der Waals surface area contributed by atoms with Crippen LogP contribution in [0.2, 0.25) is 0 Å². The zero-order valence-corrected chi connectivity index (χ0v) is 33.8. The lowest BCUT2D eigenvalue weighted by atomic mass is 10.1. The lowest BCUT2D eigenvalue weighted by Gasteiger charge is -2.32. The van der Waals surface area contributed by atoms with Crippen molar-refractivity contribution in [1.29, 1.82) is 0 Å². The van der Waals surface area contributed by atoms with Crippen molar-refractivity contribution in [1.82, 2.24) is 0 Å². The van der Waals surface area contributed by atoms with Gasteiger partial charge >= 0.3 is 0 Å². The maximum absolute atomic E-state index is 17.6. The minimum atomic E-state index is -3.33. The SMILES string of the molecule is Cc1cc(C)c([P+](C)(c2c(C)cc(C)cc2C)c2c(F)c(F)c([P+](C)(c3c(C)cc(C)cc3C)c3c(C)cc(C)cc3C)c(F)c2F)c(C)c1. The largest absolute Gasteiger partial charge is 0.208 e. The van der Waals surface area contributed by atoms with Crippen molar-refractivity contribution < 1.29 is 17.6 Å². The molecular formula is C44H50F4P2+2. The summed E-state index contributed by atoms with van der Waals surface area (Å²) in [6.07, 6.45) is 0. The molecule has 0 aliphatic heterocycles. The van der Waals surface area contributed by atoms with E-state index < -0.39 is 48.4 Å². The maximum atomic E-state index is 17.6. The van der Waals surface area contributed by atoms with Crippen LogP contribution in [0.5, 0.6) is 0 Å². The summed E-state index contributed by atoms with van der Waals surface area (Å²) in [6.45, 7) is 27.0. The first kappa shape index (κ1) is 37.9. The van der Waals surface area contributed by atoms with Gasteiger partial charge in [0.05, 0.1) is 13.3 Å². The van der Waals surface area contributed by atoms with Crippen molar-refractivity contribution in [2.24, 2.45) is 0 Å². The van der Waals surface area contributed by atoms with Gasteiger partial charge in [-0.05, 0) is 128 Å². The molecule has 5 aromatic rings. The molecule has 0 unspecified atom stereocenters. The fraction of sp³-hybridized carbons (Fsp3) is 0.318. The third kappa shape index (κ3) is 5.85. The average Bonchev–Trinajstić information content (AvgIpc) is 2.94. The molecule has 0 N–H and O–H groups in total. The van der Waals surface area contributed by atoms with Crippen LogP contribution in [0, 0.1) is 106 Å². The van der Waals surface area contributed by atoms with Crippen LogP contribution in [-0.2, 0) is 0 Å². The lowest BCUT2D eigenvalue weighted by molar-refractivity contribution is 0.473. The molecule has 0 atom stereocenters. The molecule has 0 aliphatic rings. The van der Waals surface area contributed by atoms with E-state index in [1.165, 1.54) is 0 Å². The second-order valence-corrected chi connectivity index (χ2v) is 21.7. The van der Waals surface area contributed by atoms with Crippen LogP contribution in [0.3, 0.4) is 0 Å². The Labute approximate surface area is 298 Å². The zero-order valence-electron chi connectivity index (χ0n) is 32.0. The van der Waals surface area contributed by atoms with Gasteiger partial charge in [0.1, 0.15) is 35.7 Å². The highest BCUT2D eigenvalue weighted by Crippen LogP contribution is 2.59. The molecule has 0 amide bonds. The zero-order chi connectivity index (χ0) is 37.4. The molecule has 0 radical (unpaired) electrons. The molecule has 6 heteroatoms. The molecule has 262 valence electrons. The van der Waals surface area contributed by atoms with Gasteiger partial charge in [0.2, 0.25) is 23.3 Å². The Morgan fingerprint density at radius 3 is 0.560 bits per heavy atom. The van der Waals surface area contributed by atoms with E-state index in [0.717, 1.165) is 88.0 Å². The van der Waals surface area contributed by atoms with Gasteiger partial charge in [0.25, 0.3) is 0 Å². The molecule has 5 rings (SSSR count). The quantitative estimate of drug-likeness (QED) is 0.0933. The minimum Gasteiger partial charge on any atom is -0.199 e. The summed E-state index contributed by atoms with van der Waals surface area (Å²) in [7, 11) is -6.66. The second kappa shape index (κ2) is 13.3. The Bertz CT molecular complexity index is 1820. The Hall–Kier alpha value is -3.32. The van der Waals surface area contributed by atoms with Gasteiger partial charge in [-0.15, -0.1) is 0 Å². The Morgan fingerprint density at radius 2 is 0.420 bits per heavy atom. The molecule has 0 saturated carbocycles. The molecule has 0 spiro atoms. The first-order valence-electron chi connectivity index (χ1n) is 17.1. The topological polar surface area (TPSA) is 0 Å². The third-order valence-corrected chi connectivity index (χ3v) is 19.4. The van der Waals surface area contributed by atoms with Crippen LogP contribution >= 0.6 is 14.5 Å². The van der Waals surface area contributed by atoms with Gasteiger partial charge in [0, 0.05) is 0 Å². The van der Waals surface area contributed by atoms with E-state index in [9.17, 15) is 0 Å². The molecule has 0 fully saturated rings. The van der Waals surface area contributed by atoms with Gasteiger partial charge in [0.15, 0.2) is 10.6 Å². The van der Waals surface area contributed by atoms with Gasteiger partial charge in [-0.1, -0.05) is 70.8 Å². The monoisotopic (exact) mass is 716 g/mol. The van der Waals surface area contributed by atoms with Crippen LogP contribution in [-0.4, -0.2) is 13.3 Å². The lowest BCUT2D eigenvalue weighted by Crippen LogP contribution is -2.44. The second-order valence-electron chi connectivity index (χ2n) is 15.0.